The summed E-state index contributed by atoms with van der Waals surface area (Å²) in [4.78, 5) is 18.0. The van der Waals surface area contributed by atoms with Gasteiger partial charge >= 0.3 is 6.18 Å². The topological polar surface area (TPSA) is 52.7 Å². The molecule has 0 amide bonds. The monoisotopic (exact) mass is 486 g/mol. The van der Waals surface area contributed by atoms with Gasteiger partial charge in [-0.15, -0.1) is 0 Å². The van der Waals surface area contributed by atoms with Gasteiger partial charge in [-0.1, -0.05) is 67.3 Å². The third kappa shape index (κ3) is 4.22. The molecular formula is C28H21F3N4O. The van der Waals surface area contributed by atoms with E-state index >= 15 is 0 Å². The predicted octanol–water partition coefficient (Wildman–Crippen LogP) is 6.17. The molecule has 0 N–H and O–H groups in total. The molecule has 0 aliphatic carbocycles. The van der Waals surface area contributed by atoms with E-state index in [9.17, 15) is 18.0 Å². The van der Waals surface area contributed by atoms with E-state index in [0.717, 1.165) is 21.4 Å². The molecule has 0 atom stereocenters. The number of alkyl halides is 3. The van der Waals surface area contributed by atoms with Gasteiger partial charge in [0.15, 0.2) is 5.69 Å². The van der Waals surface area contributed by atoms with Gasteiger partial charge < -0.3 is 0 Å². The number of fused-ring (bicyclic) bond motifs is 1. The highest BCUT2D eigenvalue weighted by atomic mass is 19.4. The molecule has 0 fully saturated rings. The van der Waals surface area contributed by atoms with Gasteiger partial charge in [-0.2, -0.15) is 18.3 Å². The summed E-state index contributed by atoms with van der Waals surface area (Å²) in [6.45, 7) is 3.99. The molecular weight excluding hydrogens is 465 g/mol. The normalized spacial score (nSPS) is 11.7. The molecule has 0 unspecified atom stereocenters. The Bertz CT molecular complexity index is 1650. The summed E-state index contributed by atoms with van der Waals surface area (Å²) in [5, 5.41) is 3.82. The van der Waals surface area contributed by atoms with Crippen LogP contribution in [0.3, 0.4) is 0 Å². The molecule has 3 aromatic carbocycles. The second-order valence-electron chi connectivity index (χ2n) is 8.43. The zero-order valence-corrected chi connectivity index (χ0v) is 19.3. The smallest absolute Gasteiger partial charge is 0.294 e. The standard InChI is InChI=1S/C28H21F3N4O/c1-3-18-13-22(24-16-34(2)33-26(24)28(29,30)31)25-23(14-18)27(36)35(17-32-25)15-20-11-7-8-12-21(20)19-9-5-4-6-10-19/h3-14,16-17H,1,15H2,2H3. The lowest BCUT2D eigenvalue weighted by Crippen LogP contribution is -2.22. The number of rotatable bonds is 5. The van der Waals surface area contributed by atoms with Crippen LogP contribution in [0.15, 0.2) is 90.6 Å². The maximum atomic E-state index is 13.7. The first-order chi connectivity index (χ1) is 17.3. The van der Waals surface area contributed by atoms with E-state index in [1.165, 1.54) is 30.2 Å². The van der Waals surface area contributed by atoms with Crippen molar-refractivity contribution < 1.29 is 13.2 Å². The van der Waals surface area contributed by atoms with Gasteiger partial charge in [-0.25, -0.2) is 4.98 Å². The lowest BCUT2D eigenvalue weighted by Gasteiger charge is -2.14. The number of hydrogen-bond donors (Lipinski definition) is 0. The van der Waals surface area contributed by atoms with Crippen LogP contribution >= 0.6 is 0 Å². The van der Waals surface area contributed by atoms with Crippen molar-refractivity contribution in [1.29, 1.82) is 0 Å². The maximum absolute atomic E-state index is 13.7. The molecule has 0 spiro atoms. The number of nitrogens with zero attached hydrogens (tertiary/aromatic N) is 4. The summed E-state index contributed by atoms with van der Waals surface area (Å²) in [6, 6.07) is 20.7. The third-order valence-corrected chi connectivity index (χ3v) is 6.02. The van der Waals surface area contributed by atoms with Crippen molar-refractivity contribution in [2.45, 2.75) is 12.7 Å². The van der Waals surface area contributed by atoms with Crippen molar-refractivity contribution in [3.8, 4) is 22.3 Å². The molecule has 0 aliphatic rings. The van der Waals surface area contributed by atoms with Crippen molar-refractivity contribution in [1.82, 2.24) is 19.3 Å². The Hall–Kier alpha value is -4.46. The summed E-state index contributed by atoms with van der Waals surface area (Å²) < 4.78 is 43.7. The van der Waals surface area contributed by atoms with Gasteiger partial charge in [0.2, 0.25) is 0 Å². The Morgan fingerprint density at radius 1 is 0.972 bits per heavy atom. The van der Waals surface area contributed by atoms with Crippen LogP contribution in [-0.4, -0.2) is 19.3 Å². The van der Waals surface area contributed by atoms with E-state index < -0.39 is 11.9 Å². The molecule has 0 saturated heterocycles. The quantitative estimate of drug-likeness (QED) is 0.298. The Kier molecular flexibility index (Phi) is 5.80. The second kappa shape index (κ2) is 8.96. The fourth-order valence-electron chi connectivity index (χ4n) is 4.37. The number of halogens is 3. The Labute approximate surface area is 204 Å². The molecule has 2 aromatic heterocycles. The highest BCUT2D eigenvalue weighted by Crippen LogP contribution is 2.38. The average molecular weight is 486 g/mol. The lowest BCUT2D eigenvalue weighted by atomic mass is 9.98. The van der Waals surface area contributed by atoms with E-state index in [1.54, 1.807) is 12.1 Å². The average Bonchev–Trinajstić information content (AvgIpc) is 3.28. The van der Waals surface area contributed by atoms with Crippen LogP contribution in [0.4, 0.5) is 13.2 Å². The summed E-state index contributed by atoms with van der Waals surface area (Å²) in [7, 11) is 1.42. The van der Waals surface area contributed by atoms with Crippen LogP contribution in [0.1, 0.15) is 16.8 Å². The Morgan fingerprint density at radius 2 is 1.69 bits per heavy atom. The lowest BCUT2D eigenvalue weighted by molar-refractivity contribution is -0.140. The van der Waals surface area contributed by atoms with Gasteiger partial charge in [-0.05, 0) is 34.4 Å². The van der Waals surface area contributed by atoms with Crippen LogP contribution < -0.4 is 5.56 Å². The maximum Gasteiger partial charge on any atom is 0.435 e. The Balaban J connectivity index is 1.67. The van der Waals surface area contributed by atoms with E-state index in [2.05, 4.69) is 16.7 Å². The van der Waals surface area contributed by atoms with Crippen molar-refractivity contribution in [2.75, 3.05) is 0 Å². The number of benzene rings is 3. The minimum Gasteiger partial charge on any atom is -0.294 e. The zero-order chi connectivity index (χ0) is 25.4. The van der Waals surface area contributed by atoms with Gasteiger partial charge in [-0.3, -0.25) is 14.0 Å². The van der Waals surface area contributed by atoms with E-state index in [1.807, 2.05) is 54.6 Å². The number of aryl methyl sites for hydroxylation is 1. The van der Waals surface area contributed by atoms with Crippen LogP contribution in [0, 0.1) is 0 Å². The van der Waals surface area contributed by atoms with Crippen LogP contribution in [0.25, 0.3) is 39.2 Å². The molecule has 180 valence electrons. The van der Waals surface area contributed by atoms with E-state index in [-0.39, 0.29) is 34.1 Å². The summed E-state index contributed by atoms with van der Waals surface area (Å²) >= 11 is 0. The largest absolute Gasteiger partial charge is 0.435 e. The van der Waals surface area contributed by atoms with Crippen LogP contribution in [0.5, 0.6) is 0 Å². The van der Waals surface area contributed by atoms with Crippen LogP contribution in [-0.2, 0) is 19.8 Å². The predicted molar refractivity (Wildman–Crippen MR) is 134 cm³/mol. The summed E-state index contributed by atoms with van der Waals surface area (Å²) in [5.41, 5.74) is 2.25. The van der Waals surface area contributed by atoms with Gasteiger partial charge in [0, 0.05) is 24.4 Å². The van der Waals surface area contributed by atoms with Crippen molar-refractivity contribution in [3.63, 3.8) is 0 Å². The molecule has 0 bridgehead atoms. The van der Waals surface area contributed by atoms with Gasteiger partial charge in [0.1, 0.15) is 0 Å². The highest BCUT2D eigenvalue weighted by molar-refractivity contribution is 5.95. The number of hydrogen-bond acceptors (Lipinski definition) is 3. The summed E-state index contributed by atoms with van der Waals surface area (Å²) in [5.74, 6) is 0. The first-order valence-corrected chi connectivity index (χ1v) is 11.2. The number of aromatic nitrogens is 4. The van der Waals surface area contributed by atoms with Crippen molar-refractivity contribution in [2.24, 2.45) is 7.05 Å². The first-order valence-electron chi connectivity index (χ1n) is 11.2. The molecule has 5 rings (SSSR count). The fraction of sp³-hybridized carbons (Fsp3) is 0.107. The molecule has 2 heterocycles. The minimum atomic E-state index is -4.66. The SMILES string of the molecule is C=Cc1cc(-c2cn(C)nc2C(F)(F)F)c2ncn(Cc3ccccc3-c3ccccc3)c(=O)c2c1. The molecule has 8 heteroatoms. The highest BCUT2D eigenvalue weighted by Gasteiger charge is 2.38. The van der Waals surface area contributed by atoms with E-state index in [0.29, 0.717) is 5.56 Å². The summed E-state index contributed by atoms with van der Waals surface area (Å²) in [6.07, 6.45) is -0.502. The molecule has 5 nitrogen and oxygen atoms in total. The molecule has 0 saturated carbocycles. The van der Waals surface area contributed by atoms with Gasteiger partial charge in [0.25, 0.3) is 5.56 Å². The fourth-order valence-corrected chi connectivity index (χ4v) is 4.37. The van der Waals surface area contributed by atoms with Crippen molar-refractivity contribution in [3.05, 3.63) is 113 Å². The Morgan fingerprint density at radius 3 is 2.42 bits per heavy atom. The zero-order valence-electron chi connectivity index (χ0n) is 19.3. The molecule has 36 heavy (non-hydrogen) atoms. The van der Waals surface area contributed by atoms with Crippen LogP contribution in [0.2, 0.25) is 0 Å². The van der Waals surface area contributed by atoms with E-state index in [4.69, 9.17) is 0 Å². The third-order valence-electron chi connectivity index (χ3n) is 6.02. The minimum absolute atomic E-state index is 0.141. The molecule has 0 aliphatic heterocycles. The first kappa shape index (κ1) is 23.3. The molecule has 0 radical (unpaired) electrons. The van der Waals surface area contributed by atoms with Crippen molar-refractivity contribution >= 4 is 17.0 Å². The van der Waals surface area contributed by atoms with Gasteiger partial charge in [0.05, 0.1) is 23.8 Å². The molecule has 5 aromatic rings. The second-order valence-corrected chi connectivity index (χ2v) is 8.43.